The first kappa shape index (κ1) is 19.8. The second kappa shape index (κ2) is 9.27. The Morgan fingerprint density at radius 1 is 0.931 bits per heavy atom. The van der Waals surface area contributed by atoms with Crippen LogP contribution in [0, 0.1) is 0 Å². The number of amides is 2. The van der Waals surface area contributed by atoms with Crippen molar-refractivity contribution in [2.75, 3.05) is 19.5 Å². The minimum absolute atomic E-state index is 0.0311. The smallest absolute Gasteiger partial charge is 0.272 e. The fourth-order valence-corrected chi connectivity index (χ4v) is 2.57. The maximum absolute atomic E-state index is 12.9. The van der Waals surface area contributed by atoms with E-state index in [0.717, 1.165) is 0 Å². The van der Waals surface area contributed by atoms with Gasteiger partial charge in [-0.25, -0.2) is 0 Å². The molecule has 0 radical (unpaired) electrons. The second-order valence-corrected chi connectivity index (χ2v) is 5.92. The molecule has 0 spiro atoms. The quantitative estimate of drug-likeness (QED) is 0.599. The molecular formula is C22H20N2O5. The van der Waals surface area contributed by atoms with Crippen LogP contribution in [0.15, 0.2) is 77.0 Å². The van der Waals surface area contributed by atoms with Crippen molar-refractivity contribution in [3.8, 4) is 11.5 Å². The van der Waals surface area contributed by atoms with Crippen LogP contribution in [0.5, 0.6) is 11.5 Å². The number of methoxy groups -OCH3 is 2. The van der Waals surface area contributed by atoms with Gasteiger partial charge < -0.3 is 24.5 Å². The van der Waals surface area contributed by atoms with Gasteiger partial charge in [-0.2, -0.15) is 0 Å². The minimum Gasteiger partial charge on any atom is -0.493 e. The van der Waals surface area contributed by atoms with Crippen LogP contribution in [0.4, 0.5) is 5.69 Å². The molecule has 3 aromatic rings. The van der Waals surface area contributed by atoms with Crippen LogP contribution in [0.3, 0.4) is 0 Å². The van der Waals surface area contributed by atoms with E-state index in [1.165, 1.54) is 26.6 Å². The molecule has 0 aliphatic rings. The molecule has 2 aromatic carbocycles. The van der Waals surface area contributed by atoms with Gasteiger partial charge >= 0.3 is 0 Å². The topological polar surface area (TPSA) is 89.8 Å². The lowest BCUT2D eigenvalue weighted by Crippen LogP contribution is -2.30. The van der Waals surface area contributed by atoms with Crippen molar-refractivity contribution < 1.29 is 23.5 Å². The van der Waals surface area contributed by atoms with Gasteiger partial charge in [0.15, 0.2) is 11.5 Å². The largest absolute Gasteiger partial charge is 0.493 e. The number of nitrogens with one attached hydrogen (secondary N) is 2. The summed E-state index contributed by atoms with van der Waals surface area (Å²) in [5, 5.41) is 5.38. The monoisotopic (exact) mass is 392 g/mol. The van der Waals surface area contributed by atoms with Crippen molar-refractivity contribution in [3.63, 3.8) is 0 Å². The summed E-state index contributed by atoms with van der Waals surface area (Å²) in [6.07, 6.45) is 2.94. The lowest BCUT2D eigenvalue weighted by Gasteiger charge is -2.13. The molecular weight excluding hydrogens is 372 g/mol. The Hall–Kier alpha value is -4.00. The van der Waals surface area contributed by atoms with Gasteiger partial charge in [0.1, 0.15) is 11.5 Å². The van der Waals surface area contributed by atoms with E-state index in [4.69, 9.17) is 13.9 Å². The first-order chi connectivity index (χ1) is 14.1. The van der Waals surface area contributed by atoms with Gasteiger partial charge in [0, 0.05) is 23.4 Å². The van der Waals surface area contributed by atoms with E-state index >= 15 is 0 Å². The van der Waals surface area contributed by atoms with Crippen LogP contribution in [0.25, 0.3) is 6.08 Å². The molecule has 0 aliphatic heterocycles. The Labute approximate surface area is 167 Å². The highest BCUT2D eigenvalue weighted by Crippen LogP contribution is 2.29. The third-order valence-corrected chi connectivity index (χ3v) is 4.00. The number of rotatable bonds is 7. The normalized spacial score (nSPS) is 10.9. The molecule has 148 valence electrons. The van der Waals surface area contributed by atoms with Gasteiger partial charge in [0.05, 0.1) is 20.5 Å². The van der Waals surface area contributed by atoms with Crippen LogP contribution in [-0.4, -0.2) is 26.0 Å². The molecule has 2 N–H and O–H groups in total. The second-order valence-electron chi connectivity index (χ2n) is 5.92. The molecule has 29 heavy (non-hydrogen) atoms. The predicted octanol–water partition coefficient (Wildman–Crippen LogP) is 3.71. The highest BCUT2D eigenvalue weighted by molar-refractivity contribution is 6.10. The van der Waals surface area contributed by atoms with Crippen LogP contribution >= 0.6 is 0 Å². The molecule has 0 bridgehead atoms. The standard InChI is InChI=1S/C22H20N2O5/c1-27-19-11-10-16(13-20(19)28-2)23-22(26)18(14-17-9-6-12-29-17)24-21(25)15-7-4-3-5-8-15/h3-14H,1-2H3,(H,23,26)(H,24,25)/b18-14-. The third-order valence-electron chi connectivity index (χ3n) is 4.00. The summed E-state index contributed by atoms with van der Waals surface area (Å²) < 4.78 is 15.7. The van der Waals surface area contributed by atoms with Gasteiger partial charge in [-0.1, -0.05) is 18.2 Å². The number of carbonyl (C=O) groups is 2. The zero-order chi connectivity index (χ0) is 20.6. The number of ether oxygens (including phenoxy) is 2. The van der Waals surface area contributed by atoms with E-state index in [1.54, 1.807) is 60.7 Å². The summed E-state index contributed by atoms with van der Waals surface area (Å²) in [5.41, 5.74) is 0.937. The Morgan fingerprint density at radius 3 is 2.34 bits per heavy atom. The molecule has 0 saturated heterocycles. The van der Waals surface area contributed by atoms with E-state index < -0.39 is 11.8 Å². The molecule has 0 atom stereocenters. The molecule has 1 aromatic heterocycles. The fraction of sp³-hybridized carbons (Fsp3) is 0.0909. The van der Waals surface area contributed by atoms with Crippen molar-refractivity contribution in [2.24, 2.45) is 0 Å². The maximum Gasteiger partial charge on any atom is 0.272 e. The average molecular weight is 392 g/mol. The summed E-state index contributed by atoms with van der Waals surface area (Å²) in [5.74, 6) is 0.504. The van der Waals surface area contributed by atoms with Crippen molar-refractivity contribution in [3.05, 3.63) is 83.9 Å². The molecule has 1 heterocycles. The van der Waals surface area contributed by atoms with E-state index in [1.807, 2.05) is 0 Å². The Morgan fingerprint density at radius 2 is 1.69 bits per heavy atom. The zero-order valence-corrected chi connectivity index (χ0v) is 16.0. The minimum atomic E-state index is -0.516. The van der Waals surface area contributed by atoms with Crippen molar-refractivity contribution >= 4 is 23.6 Å². The van der Waals surface area contributed by atoms with Crippen LogP contribution in [0.2, 0.25) is 0 Å². The van der Waals surface area contributed by atoms with Crippen LogP contribution < -0.4 is 20.1 Å². The van der Waals surface area contributed by atoms with Gasteiger partial charge in [0.25, 0.3) is 11.8 Å². The Kier molecular flexibility index (Phi) is 6.32. The van der Waals surface area contributed by atoms with Crippen molar-refractivity contribution in [1.82, 2.24) is 5.32 Å². The fourth-order valence-electron chi connectivity index (χ4n) is 2.57. The molecule has 7 heteroatoms. The lowest BCUT2D eigenvalue weighted by atomic mass is 10.2. The van der Waals surface area contributed by atoms with Gasteiger partial charge in [-0.3, -0.25) is 9.59 Å². The summed E-state index contributed by atoms with van der Waals surface area (Å²) in [7, 11) is 3.03. The highest BCUT2D eigenvalue weighted by atomic mass is 16.5. The summed E-state index contributed by atoms with van der Waals surface area (Å²) in [6.45, 7) is 0. The number of furan rings is 1. The maximum atomic E-state index is 12.9. The van der Waals surface area contributed by atoms with E-state index in [0.29, 0.717) is 28.5 Å². The Balaban J connectivity index is 1.84. The van der Waals surface area contributed by atoms with Gasteiger partial charge in [-0.15, -0.1) is 0 Å². The molecule has 7 nitrogen and oxygen atoms in total. The van der Waals surface area contributed by atoms with Crippen molar-refractivity contribution in [2.45, 2.75) is 0 Å². The first-order valence-electron chi connectivity index (χ1n) is 8.75. The number of hydrogen-bond donors (Lipinski definition) is 2. The number of hydrogen-bond acceptors (Lipinski definition) is 5. The number of benzene rings is 2. The molecule has 0 saturated carbocycles. The summed E-state index contributed by atoms with van der Waals surface area (Å²) in [6, 6.07) is 16.9. The predicted molar refractivity (Wildman–Crippen MR) is 109 cm³/mol. The van der Waals surface area contributed by atoms with E-state index in [2.05, 4.69) is 10.6 Å². The SMILES string of the molecule is COc1ccc(NC(=O)/C(=C/c2ccco2)NC(=O)c2ccccc2)cc1OC. The summed E-state index contributed by atoms with van der Waals surface area (Å²) >= 11 is 0. The lowest BCUT2D eigenvalue weighted by molar-refractivity contribution is -0.113. The third kappa shape index (κ3) is 5.04. The van der Waals surface area contributed by atoms with Gasteiger partial charge in [0.2, 0.25) is 0 Å². The van der Waals surface area contributed by atoms with Crippen molar-refractivity contribution in [1.29, 1.82) is 0 Å². The molecule has 2 amide bonds. The first-order valence-corrected chi connectivity index (χ1v) is 8.75. The molecule has 0 unspecified atom stereocenters. The van der Waals surface area contributed by atoms with Crippen LogP contribution in [0.1, 0.15) is 16.1 Å². The molecule has 0 fully saturated rings. The number of carbonyl (C=O) groups excluding carboxylic acids is 2. The highest BCUT2D eigenvalue weighted by Gasteiger charge is 2.16. The van der Waals surface area contributed by atoms with Crippen LogP contribution in [-0.2, 0) is 4.79 Å². The van der Waals surface area contributed by atoms with E-state index in [-0.39, 0.29) is 5.70 Å². The molecule has 3 rings (SSSR count). The Bertz CT molecular complexity index is 1010. The average Bonchev–Trinajstić information content (AvgIpc) is 3.26. The van der Waals surface area contributed by atoms with E-state index in [9.17, 15) is 9.59 Å². The number of anilines is 1. The van der Waals surface area contributed by atoms with Gasteiger partial charge in [-0.05, 0) is 36.4 Å². The summed E-state index contributed by atoms with van der Waals surface area (Å²) in [4.78, 5) is 25.4. The zero-order valence-electron chi connectivity index (χ0n) is 16.0. The molecule has 0 aliphatic carbocycles.